The first kappa shape index (κ1) is 16.6. The van der Waals surface area contributed by atoms with E-state index >= 15 is 0 Å². The van der Waals surface area contributed by atoms with Gasteiger partial charge in [0.05, 0.1) is 19.3 Å². The van der Waals surface area contributed by atoms with Gasteiger partial charge >= 0.3 is 0 Å². The van der Waals surface area contributed by atoms with Gasteiger partial charge in [0.1, 0.15) is 0 Å². The van der Waals surface area contributed by atoms with E-state index in [9.17, 15) is 0 Å². The first-order valence-corrected chi connectivity index (χ1v) is 6.97. The molecular weight excluding hydrogens is 256 g/mol. The summed E-state index contributed by atoms with van der Waals surface area (Å²) in [6, 6.07) is 0.0422. The highest BCUT2D eigenvalue weighted by Crippen LogP contribution is 1.95. The Hall–Kier alpha value is -1.42. The van der Waals surface area contributed by atoms with Gasteiger partial charge in [-0.1, -0.05) is 5.21 Å². The predicted octanol–water partition coefficient (Wildman–Crippen LogP) is 0.832. The molecule has 6 heteroatoms. The van der Waals surface area contributed by atoms with Crippen molar-refractivity contribution in [3.05, 3.63) is 12.4 Å². The minimum atomic E-state index is 0.0422. The molecule has 1 unspecified atom stereocenters. The Balaban J connectivity index is 1.85. The van der Waals surface area contributed by atoms with E-state index < -0.39 is 0 Å². The van der Waals surface area contributed by atoms with Crippen molar-refractivity contribution in [3.63, 3.8) is 0 Å². The van der Waals surface area contributed by atoms with Crippen LogP contribution in [-0.2, 0) is 16.0 Å². The molecule has 1 rings (SSSR count). The van der Waals surface area contributed by atoms with Gasteiger partial charge in [0.15, 0.2) is 0 Å². The first-order chi connectivity index (χ1) is 9.83. The van der Waals surface area contributed by atoms with Gasteiger partial charge in [-0.2, -0.15) is 0 Å². The number of aromatic nitrogens is 3. The molecule has 0 amide bonds. The van der Waals surface area contributed by atoms with Crippen molar-refractivity contribution in [2.24, 2.45) is 5.73 Å². The monoisotopic (exact) mass is 280 g/mol. The van der Waals surface area contributed by atoms with Gasteiger partial charge in [0.2, 0.25) is 0 Å². The number of hydrogen-bond donors (Lipinski definition) is 1. The lowest BCUT2D eigenvalue weighted by molar-refractivity contribution is 0.0814. The minimum Gasteiger partial charge on any atom is -0.381 e. The fourth-order valence-corrected chi connectivity index (χ4v) is 1.61. The molecule has 0 aliphatic rings. The van der Waals surface area contributed by atoms with Crippen LogP contribution in [0.4, 0.5) is 0 Å². The predicted molar refractivity (Wildman–Crippen MR) is 76.9 cm³/mol. The lowest BCUT2D eigenvalue weighted by Gasteiger charge is -2.11. The van der Waals surface area contributed by atoms with E-state index in [0.717, 1.165) is 25.9 Å². The molecule has 0 aromatic carbocycles. The van der Waals surface area contributed by atoms with Crippen LogP contribution in [-0.4, -0.2) is 47.5 Å². The summed E-state index contributed by atoms with van der Waals surface area (Å²) in [6.07, 6.45) is 5.97. The molecule has 0 spiro atoms. The largest absolute Gasteiger partial charge is 0.381 e. The minimum absolute atomic E-state index is 0.0422. The van der Waals surface area contributed by atoms with Gasteiger partial charge in [0.25, 0.3) is 0 Å². The summed E-state index contributed by atoms with van der Waals surface area (Å²) < 4.78 is 12.7. The molecule has 1 atom stereocenters. The van der Waals surface area contributed by atoms with Gasteiger partial charge in [-0.05, 0) is 19.8 Å². The van der Waals surface area contributed by atoms with Crippen LogP contribution in [0.25, 0.3) is 0 Å². The summed E-state index contributed by atoms with van der Waals surface area (Å²) in [5, 5.41) is 7.61. The maximum atomic E-state index is 5.97. The van der Waals surface area contributed by atoms with Crippen LogP contribution < -0.4 is 5.73 Å². The molecule has 2 N–H and O–H groups in total. The van der Waals surface area contributed by atoms with E-state index in [1.54, 1.807) is 17.1 Å². The number of rotatable bonds is 11. The van der Waals surface area contributed by atoms with E-state index in [1.165, 1.54) is 0 Å². The van der Waals surface area contributed by atoms with Crippen LogP contribution in [0.3, 0.4) is 0 Å². The van der Waals surface area contributed by atoms with Crippen molar-refractivity contribution in [1.29, 1.82) is 0 Å². The molecule has 6 nitrogen and oxygen atoms in total. The second-order valence-corrected chi connectivity index (χ2v) is 4.43. The lowest BCUT2D eigenvalue weighted by atomic mass is 10.2. The van der Waals surface area contributed by atoms with Crippen LogP contribution in [0.1, 0.15) is 26.2 Å². The molecular formula is C14H24N4O2. The third-order valence-electron chi connectivity index (χ3n) is 2.65. The summed E-state index contributed by atoms with van der Waals surface area (Å²) in [4.78, 5) is 0. The highest BCUT2D eigenvalue weighted by atomic mass is 16.5. The number of ether oxygens (including phenoxy) is 2. The molecule has 1 heterocycles. The lowest BCUT2D eigenvalue weighted by Crippen LogP contribution is -2.28. The first-order valence-electron chi connectivity index (χ1n) is 6.97. The van der Waals surface area contributed by atoms with Crippen LogP contribution in [0.15, 0.2) is 12.4 Å². The van der Waals surface area contributed by atoms with Crippen molar-refractivity contribution in [3.8, 4) is 11.8 Å². The molecule has 1 aromatic rings. The molecule has 1 aromatic heterocycles. The number of hydrogen-bond acceptors (Lipinski definition) is 5. The quantitative estimate of drug-likeness (QED) is 0.480. The Labute approximate surface area is 120 Å². The third-order valence-corrected chi connectivity index (χ3v) is 2.65. The van der Waals surface area contributed by atoms with E-state index in [4.69, 9.17) is 15.2 Å². The van der Waals surface area contributed by atoms with Crippen LogP contribution in [0.2, 0.25) is 0 Å². The van der Waals surface area contributed by atoms with Gasteiger partial charge < -0.3 is 15.2 Å². The molecule has 0 aliphatic carbocycles. The topological polar surface area (TPSA) is 75.2 Å². The second kappa shape index (κ2) is 11.4. The maximum absolute atomic E-state index is 5.97. The molecule has 112 valence electrons. The SMILES string of the molecule is CC#CCCOCCCOCCC(N)Cn1ccnn1. The molecule has 0 saturated carbocycles. The smallest absolute Gasteiger partial charge is 0.0692 e. The summed E-state index contributed by atoms with van der Waals surface area (Å²) >= 11 is 0. The Morgan fingerprint density at radius 2 is 2.05 bits per heavy atom. The summed E-state index contributed by atoms with van der Waals surface area (Å²) in [5.41, 5.74) is 5.97. The van der Waals surface area contributed by atoms with E-state index in [-0.39, 0.29) is 6.04 Å². The van der Waals surface area contributed by atoms with Gasteiger partial charge in [0, 0.05) is 38.5 Å². The third kappa shape index (κ3) is 8.64. The summed E-state index contributed by atoms with van der Waals surface area (Å²) in [6.45, 7) is 5.29. The summed E-state index contributed by atoms with van der Waals surface area (Å²) in [5.74, 6) is 5.79. The Kier molecular flexibility index (Phi) is 9.49. The standard InChI is InChI=1S/C14H24N4O2/c1-2-3-4-9-19-10-5-11-20-12-6-14(15)13-18-8-7-16-17-18/h7-8,14H,4-6,9-13,15H2,1H3. The van der Waals surface area contributed by atoms with Crippen molar-refractivity contribution < 1.29 is 9.47 Å². The van der Waals surface area contributed by atoms with Crippen LogP contribution >= 0.6 is 0 Å². The second-order valence-electron chi connectivity index (χ2n) is 4.43. The zero-order valence-corrected chi connectivity index (χ0v) is 12.1. The maximum Gasteiger partial charge on any atom is 0.0692 e. The van der Waals surface area contributed by atoms with Crippen LogP contribution in [0.5, 0.6) is 0 Å². The van der Waals surface area contributed by atoms with Gasteiger partial charge in [-0.15, -0.1) is 16.9 Å². The van der Waals surface area contributed by atoms with E-state index in [2.05, 4.69) is 22.2 Å². The Morgan fingerprint density at radius 3 is 2.75 bits per heavy atom. The highest BCUT2D eigenvalue weighted by molar-refractivity contribution is 4.94. The summed E-state index contributed by atoms with van der Waals surface area (Å²) in [7, 11) is 0. The fourth-order valence-electron chi connectivity index (χ4n) is 1.61. The number of nitrogens with two attached hydrogens (primary N) is 1. The fraction of sp³-hybridized carbons (Fsp3) is 0.714. The van der Waals surface area contributed by atoms with Gasteiger partial charge in [-0.25, -0.2) is 0 Å². The van der Waals surface area contributed by atoms with Crippen molar-refractivity contribution >= 4 is 0 Å². The van der Waals surface area contributed by atoms with Crippen molar-refractivity contribution in [2.75, 3.05) is 26.4 Å². The molecule has 0 radical (unpaired) electrons. The normalized spacial score (nSPS) is 11.9. The zero-order valence-electron chi connectivity index (χ0n) is 12.1. The van der Waals surface area contributed by atoms with E-state index in [1.807, 2.05) is 6.92 Å². The van der Waals surface area contributed by atoms with Crippen molar-refractivity contribution in [1.82, 2.24) is 15.0 Å². The average Bonchev–Trinajstić information content (AvgIpc) is 2.93. The zero-order chi connectivity index (χ0) is 14.5. The van der Waals surface area contributed by atoms with E-state index in [0.29, 0.717) is 26.4 Å². The number of nitrogens with zero attached hydrogens (tertiary/aromatic N) is 3. The molecule has 0 saturated heterocycles. The molecule has 20 heavy (non-hydrogen) atoms. The highest BCUT2D eigenvalue weighted by Gasteiger charge is 2.03. The van der Waals surface area contributed by atoms with Crippen LogP contribution in [0, 0.1) is 11.8 Å². The Morgan fingerprint density at radius 1 is 1.25 bits per heavy atom. The molecule has 0 bridgehead atoms. The average molecular weight is 280 g/mol. The van der Waals surface area contributed by atoms with Crippen molar-refractivity contribution in [2.45, 2.75) is 38.8 Å². The molecule has 0 aliphatic heterocycles. The Bertz CT molecular complexity index is 384. The van der Waals surface area contributed by atoms with Gasteiger partial charge in [-0.3, -0.25) is 4.68 Å². The molecule has 0 fully saturated rings.